The molecule has 4 nitrogen and oxygen atoms in total. The van der Waals surface area contributed by atoms with Crippen LogP contribution in [0.3, 0.4) is 0 Å². The highest BCUT2D eigenvalue weighted by Crippen LogP contribution is 2.20. The highest BCUT2D eigenvalue weighted by atomic mass is 16.2. The van der Waals surface area contributed by atoms with E-state index in [4.69, 9.17) is 0 Å². The first-order chi connectivity index (χ1) is 10.1. The molecule has 0 aliphatic carbocycles. The van der Waals surface area contributed by atoms with Gasteiger partial charge in [0.15, 0.2) is 0 Å². The van der Waals surface area contributed by atoms with E-state index in [0.717, 1.165) is 18.4 Å². The molecule has 1 atom stereocenters. The lowest BCUT2D eigenvalue weighted by Gasteiger charge is -2.19. The fraction of sp³-hybridized carbons (Fsp3) is 0.529. The average Bonchev–Trinajstić information content (AvgIpc) is 2.87. The van der Waals surface area contributed by atoms with E-state index in [1.54, 1.807) is 4.90 Å². The van der Waals surface area contributed by atoms with E-state index >= 15 is 0 Å². The summed E-state index contributed by atoms with van der Waals surface area (Å²) in [7, 11) is 0. The number of rotatable bonds is 6. The monoisotopic (exact) mass is 288 g/mol. The Morgan fingerprint density at radius 1 is 1.29 bits per heavy atom. The van der Waals surface area contributed by atoms with Crippen molar-refractivity contribution in [2.75, 3.05) is 6.54 Å². The van der Waals surface area contributed by atoms with Gasteiger partial charge in [-0.05, 0) is 18.4 Å². The van der Waals surface area contributed by atoms with Gasteiger partial charge in [-0.15, -0.1) is 0 Å². The van der Waals surface area contributed by atoms with Crippen LogP contribution in [-0.4, -0.2) is 29.3 Å². The van der Waals surface area contributed by atoms with Crippen molar-refractivity contribution in [3.8, 4) is 0 Å². The second-order valence-corrected chi connectivity index (χ2v) is 5.68. The average molecular weight is 288 g/mol. The molecule has 1 aliphatic heterocycles. The fourth-order valence-corrected chi connectivity index (χ4v) is 2.72. The summed E-state index contributed by atoms with van der Waals surface area (Å²) in [5.74, 6) is -0.113. The van der Waals surface area contributed by atoms with Crippen molar-refractivity contribution < 1.29 is 9.59 Å². The van der Waals surface area contributed by atoms with Gasteiger partial charge in [-0.25, -0.2) is 0 Å². The third kappa shape index (κ3) is 4.06. The highest BCUT2D eigenvalue weighted by Gasteiger charge is 2.34. The van der Waals surface area contributed by atoms with Gasteiger partial charge in [0.2, 0.25) is 11.8 Å². The highest BCUT2D eigenvalue weighted by molar-refractivity contribution is 5.89. The second-order valence-electron chi connectivity index (χ2n) is 5.68. The first-order valence-electron chi connectivity index (χ1n) is 7.76. The summed E-state index contributed by atoms with van der Waals surface area (Å²) in [5, 5.41) is 3.05. The summed E-state index contributed by atoms with van der Waals surface area (Å²) in [5.41, 5.74) is 1.10. The van der Waals surface area contributed by atoms with E-state index in [2.05, 4.69) is 19.2 Å². The minimum Gasteiger partial charge on any atom is -0.353 e. The Kier molecular flexibility index (Phi) is 5.37. The van der Waals surface area contributed by atoms with Crippen LogP contribution < -0.4 is 5.32 Å². The zero-order chi connectivity index (χ0) is 15.2. The van der Waals surface area contributed by atoms with E-state index in [1.165, 1.54) is 0 Å². The summed E-state index contributed by atoms with van der Waals surface area (Å²) in [6.07, 6.45) is 2.19. The predicted molar refractivity (Wildman–Crippen MR) is 82.5 cm³/mol. The number of hydrogen-bond acceptors (Lipinski definition) is 2. The van der Waals surface area contributed by atoms with Crippen LogP contribution in [-0.2, 0) is 16.1 Å². The molecule has 1 heterocycles. The maximum atomic E-state index is 12.2. The number of amides is 2. The molecule has 0 aromatic heterocycles. The Bertz CT molecular complexity index is 483. The molecule has 1 N–H and O–H groups in total. The second kappa shape index (κ2) is 7.25. The molecule has 1 saturated heterocycles. The molecule has 21 heavy (non-hydrogen) atoms. The number of carbonyl (C=O) groups excluding carboxylic acids is 2. The number of benzene rings is 1. The third-order valence-corrected chi connectivity index (χ3v) is 4.13. The van der Waals surface area contributed by atoms with Crippen LogP contribution in [0.1, 0.15) is 38.7 Å². The van der Waals surface area contributed by atoms with Gasteiger partial charge in [0.25, 0.3) is 0 Å². The number of hydrogen-bond donors (Lipinski definition) is 1. The summed E-state index contributed by atoms with van der Waals surface area (Å²) in [6.45, 7) is 5.25. The predicted octanol–water partition coefficient (Wildman–Crippen LogP) is 2.34. The van der Waals surface area contributed by atoms with Crippen LogP contribution in [0.25, 0.3) is 0 Å². The van der Waals surface area contributed by atoms with Crippen molar-refractivity contribution in [1.29, 1.82) is 0 Å². The molecule has 2 amide bonds. The Hall–Kier alpha value is -1.84. The van der Waals surface area contributed by atoms with Crippen LogP contribution in [0.5, 0.6) is 0 Å². The van der Waals surface area contributed by atoms with Gasteiger partial charge in [-0.1, -0.05) is 44.2 Å². The maximum Gasteiger partial charge on any atom is 0.225 e. The lowest BCUT2D eigenvalue weighted by atomic mass is 10.1. The van der Waals surface area contributed by atoms with Gasteiger partial charge in [0, 0.05) is 25.6 Å². The van der Waals surface area contributed by atoms with Crippen LogP contribution >= 0.6 is 0 Å². The number of likely N-dealkylation sites (tertiary alicyclic amines) is 1. The van der Waals surface area contributed by atoms with Gasteiger partial charge >= 0.3 is 0 Å². The maximum absolute atomic E-state index is 12.2. The molecule has 0 bridgehead atoms. The van der Waals surface area contributed by atoms with E-state index in [-0.39, 0.29) is 23.8 Å². The van der Waals surface area contributed by atoms with Crippen LogP contribution in [0.4, 0.5) is 0 Å². The SMILES string of the molecule is CCC(CC)NC(=O)[C@@H]1CC(=O)N(Cc2ccccc2)C1. The summed E-state index contributed by atoms with van der Waals surface area (Å²) in [4.78, 5) is 26.1. The van der Waals surface area contributed by atoms with Crippen molar-refractivity contribution in [1.82, 2.24) is 10.2 Å². The van der Waals surface area contributed by atoms with Crippen molar-refractivity contribution in [2.24, 2.45) is 5.92 Å². The molecular formula is C17H24N2O2. The topological polar surface area (TPSA) is 49.4 Å². The standard InChI is InChI=1S/C17H24N2O2/c1-3-15(4-2)18-17(21)14-10-16(20)19(12-14)11-13-8-6-5-7-9-13/h5-9,14-15H,3-4,10-12H2,1-2H3,(H,18,21)/t14-/m1/s1. The quantitative estimate of drug-likeness (QED) is 0.873. The first kappa shape index (κ1) is 15.5. The summed E-state index contributed by atoms with van der Waals surface area (Å²) >= 11 is 0. The zero-order valence-corrected chi connectivity index (χ0v) is 12.8. The molecule has 4 heteroatoms. The Morgan fingerprint density at radius 3 is 2.57 bits per heavy atom. The minimum absolute atomic E-state index is 0.0209. The largest absolute Gasteiger partial charge is 0.353 e. The molecule has 1 fully saturated rings. The molecule has 1 aromatic rings. The van der Waals surface area contributed by atoms with E-state index in [9.17, 15) is 9.59 Å². The third-order valence-electron chi connectivity index (χ3n) is 4.13. The molecule has 0 unspecified atom stereocenters. The van der Waals surface area contributed by atoms with Gasteiger partial charge in [-0.2, -0.15) is 0 Å². The number of carbonyl (C=O) groups is 2. The molecule has 0 spiro atoms. The van der Waals surface area contributed by atoms with E-state index < -0.39 is 0 Å². The van der Waals surface area contributed by atoms with Crippen molar-refractivity contribution in [2.45, 2.75) is 45.7 Å². The molecule has 0 saturated carbocycles. The fourth-order valence-electron chi connectivity index (χ4n) is 2.72. The number of nitrogens with one attached hydrogen (secondary N) is 1. The molecule has 0 radical (unpaired) electrons. The summed E-state index contributed by atoms with van der Waals surface area (Å²) in [6, 6.07) is 10.1. The van der Waals surface area contributed by atoms with Gasteiger partial charge in [0.1, 0.15) is 0 Å². The lowest BCUT2D eigenvalue weighted by molar-refractivity contribution is -0.129. The van der Waals surface area contributed by atoms with Crippen molar-refractivity contribution >= 4 is 11.8 Å². The number of nitrogens with zero attached hydrogens (tertiary/aromatic N) is 1. The van der Waals surface area contributed by atoms with Crippen LogP contribution in [0.15, 0.2) is 30.3 Å². The smallest absolute Gasteiger partial charge is 0.225 e. The minimum atomic E-state index is -0.207. The Balaban J connectivity index is 1.91. The van der Waals surface area contributed by atoms with E-state index in [0.29, 0.717) is 19.5 Å². The molecule has 114 valence electrons. The van der Waals surface area contributed by atoms with Gasteiger partial charge < -0.3 is 10.2 Å². The van der Waals surface area contributed by atoms with Crippen molar-refractivity contribution in [3.63, 3.8) is 0 Å². The van der Waals surface area contributed by atoms with Gasteiger partial charge in [-0.3, -0.25) is 9.59 Å². The summed E-state index contributed by atoms with van der Waals surface area (Å²) < 4.78 is 0. The Morgan fingerprint density at radius 2 is 1.95 bits per heavy atom. The van der Waals surface area contributed by atoms with Crippen LogP contribution in [0, 0.1) is 5.92 Å². The van der Waals surface area contributed by atoms with Crippen molar-refractivity contribution in [3.05, 3.63) is 35.9 Å². The first-order valence-corrected chi connectivity index (χ1v) is 7.76. The molecule has 2 rings (SSSR count). The molecule has 1 aromatic carbocycles. The molecule has 1 aliphatic rings. The van der Waals surface area contributed by atoms with Gasteiger partial charge in [0.05, 0.1) is 5.92 Å². The van der Waals surface area contributed by atoms with Crippen LogP contribution in [0.2, 0.25) is 0 Å². The van der Waals surface area contributed by atoms with E-state index in [1.807, 2.05) is 30.3 Å². The normalized spacial score (nSPS) is 18.3. The Labute approximate surface area is 126 Å². The molecular weight excluding hydrogens is 264 g/mol. The zero-order valence-electron chi connectivity index (χ0n) is 12.8. The lowest BCUT2D eigenvalue weighted by Crippen LogP contribution is -2.39.